The van der Waals surface area contributed by atoms with Crippen molar-refractivity contribution in [2.45, 2.75) is 51.8 Å². The molecule has 170 valence electrons. The number of piperidine rings is 1. The molecule has 0 saturated carbocycles. The zero-order chi connectivity index (χ0) is 22.9. The molecule has 2 heterocycles. The number of hydrogen-bond donors (Lipinski definition) is 1. The molecular weight excluding hydrogens is 447 g/mol. The van der Waals surface area contributed by atoms with Gasteiger partial charge in [-0.25, -0.2) is 9.78 Å². The van der Waals surface area contributed by atoms with Gasteiger partial charge in [-0.2, -0.15) is 0 Å². The van der Waals surface area contributed by atoms with Gasteiger partial charge in [-0.05, 0) is 57.9 Å². The molecule has 1 amide bonds. The first-order chi connectivity index (χ1) is 15.2. The molecule has 4 rings (SSSR count). The highest BCUT2D eigenvalue weighted by Gasteiger charge is 2.28. The minimum Gasteiger partial charge on any atom is -0.444 e. The first kappa shape index (κ1) is 22.7. The highest BCUT2D eigenvalue weighted by Crippen LogP contribution is 2.29. The zero-order valence-corrected chi connectivity index (χ0v) is 20.1. The van der Waals surface area contributed by atoms with E-state index in [1.165, 1.54) is 0 Å². The van der Waals surface area contributed by atoms with Gasteiger partial charge in [-0.3, -0.25) is 0 Å². The summed E-state index contributed by atoms with van der Waals surface area (Å²) in [6.45, 7) is 7.39. The van der Waals surface area contributed by atoms with Crippen LogP contribution < -0.4 is 5.32 Å². The average Bonchev–Trinajstić information content (AvgIpc) is 3.06. The number of carbonyl (C=O) groups excluding carboxylic acids is 1. The van der Waals surface area contributed by atoms with Crippen molar-refractivity contribution in [3.63, 3.8) is 0 Å². The lowest BCUT2D eigenvalue weighted by Gasteiger charge is -2.34. The molecule has 0 radical (unpaired) electrons. The molecule has 0 bridgehead atoms. The van der Waals surface area contributed by atoms with Gasteiger partial charge >= 0.3 is 6.09 Å². The van der Waals surface area contributed by atoms with Gasteiger partial charge in [0, 0.05) is 34.7 Å². The molecule has 1 N–H and O–H groups in total. The number of nitrogens with zero attached hydrogens (tertiary/aromatic N) is 3. The molecule has 0 unspecified atom stereocenters. The lowest BCUT2D eigenvalue weighted by Crippen LogP contribution is -2.47. The number of imidazole rings is 1. The molecule has 1 saturated heterocycles. The molecule has 1 fully saturated rings. The second-order valence-electron chi connectivity index (χ2n) is 9.12. The predicted octanol–water partition coefficient (Wildman–Crippen LogP) is 6.20. The molecular formula is C24H28Cl2N4O2. The quantitative estimate of drug-likeness (QED) is 0.488. The van der Waals surface area contributed by atoms with Crippen LogP contribution in [-0.4, -0.2) is 45.3 Å². The number of hydrogen-bond acceptors (Lipinski definition) is 4. The summed E-state index contributed by atoms with van der Waals surface area (Å²) >= 11 is 12.9. The molecule has 1 atom stereocenters. The summed E-state index contributed by atoms with van der Waals surface area (Å²) in [7, 11) is 0. The van der Waals surface area contributed by atoms with Crippen LogP contribution in [0.1, 0.15) is 39.2 Å². The number of aromatic nitrogens is 2. The molecule has 32 heavy (non-hydrogen) atoms. The Morgan fingerprint density at radius 1 is 1.16 bits per heavy atom. The highest BCUT2D eigenvalue weighted by atomic mass is 35.5. The number of benzene rings is 2. The zero-order valence-electron chi connectivity index (χ0n) is 18.6. The Hall–Kier alpha value is -2.44. The maximum atomic E-state index is 12.6. The first-order valence-corrected chi connectivity index (χ1v) is 11.6. The monoisotopic (exact) mass is 474 g/mol. The van der Waals surface area contributed by atoms with Crippen molar-refractivity contribution in [3.05, 3.63) is 58.1 Å². The van der Waals surface area contributed by atoms with Gasteiger partial charge in [0.1, 0.15) is 5.60 Å². The van der Waals surface area contributed by atoms with Crippen LogP contribution in [0.3, 0.4) is 0 Å². The Kier molecular flexibility index (Phi) is 6.54. The molecule has 2 aromatic carbocycles. The number of ether oxygens (including phenoxy) is 1. The molecule has 0 aliphatic carbocycles. The fourth-order valence-electron chi connectivity index (χ4n) is 3.96. The maximum Gasteiger partial charge on any atom is 0.410 e. The van der Waals surface area contributed by atoms with Crippen LogP contribution in [0.5, 0.6) is 0 Å². The van der Waals surface area contributed by atoms with E-state index in [0.29, 0.717) is 29.7 Å². The van der Waals surface area contributed by atoms with Crippen LogP contribution in [0, 0.1) is 0 Å². The number of para-hydroxylation sites is 2. The summed E-state index contributed by atoms with van der Waals surface area (Å²) in [6, 6.07) is 13.6. The van der Waals surface area contributed by atoms with Crippen molar-refractivity contribution in [2.75, 3.05) is 18.4 Å². The van der Waals surface area contributed by atoms with Crippen molar-refractivity contribution in [1.29, 1.82) is 0 Å². The van der Waals surface area contributed by atoms with E-state index >= 15 is 0 Å². The van der Waals surface area contributed by atoms with Gasteiger partial charge in [0.25, 0.3) is 0 Å². The fourth-order valence-corrected chi connectivity index (χ4v) is 4.47. The van der Waals surface area contributed by atoms with Crippen molar-refractivity contribution < 1.29 is 9.53 Å². The predicted molar refractivity (Wildman–Crippen MR) is 130 cm³/mol. The summed E-state index contributed by atoms with van der Waals surface area (Å²) in [5.41, 5.74) is 2.21. The lowest BCUT2D eigenvalue weighted by molar-refractivity contribution is 0.0206. The van der Waals surface area contributed by atoms with Gasteiger partial charge in [0.2, 0.25) is 5.95 Å². The van der Waals surface area contributed by atoms with Crippen molar-refractivity contribution >= 4 is 46.3 Å². The minimum absolute atomic E-state index is 0.0635. The van der Waals surface area contributed by atoms with Crippen molar-refractivity contribution in [3.8, 4) is 0 Å². The number of amides is 1. The molecule has 3 aromatic rings. The summed E-state index contributed by atoms with van der Waals surface area (Å²) < 4.78 is 7.65. The summed E-state index contributed by atoms with van der Waals surface area (Å²) in [5, 5.41) is 4.80. The number of likely N-dealkylation sites (tertiary alicyclic amines) is 1. The Bertz CT molecular complexity index is 1100. The second kappa shape index (κ2) is 9.20. The topological polar surface area (TPSA) is 59.4 Å². The molecule has 0 spiro atoms. The van der Waals surface area contributed by atoms with E-state index in [1.807, 2.05) is 63.2 Å². The van der Waals surface area contributed by atoms with E-state index in [0.717, 1.165) is 35.4 Å². The van der Waals surface area contributed by atoms with Crippen LogP contribution >= 0.6 is 23.2 Å². The largest absolute Gasteiger partial charge is 0.444 e. The molecule has 1 aromatic heterocycles. The van der Waals surface area contributed by atoms with Gasteiger partial charge in [-0.1, -0.05) is 41.4 Å². The van der Waals surface area contributed by atoms with Crippen LogP contribution in [0.15, 0.2) is 42.5 Å². The summed E-state index contributed by atoms with van der Waals surface area (Å²) in [4.78, 5) is 19.2. The maximum absolute atomic E-state index is 12.6. The number of fused-ring (bicyclic) bond motifs is 1. The van der Waals surface area contributed by atoms with Gasteiger partial charge in [0.15, 0.2) is 0 Å². The Balaban J connectivity index is 1.59. The highest BCUT2D eigenvalue weighted by molar-refractivity contribution is 6.36. The average molecular weight is 475 g/mol. The van der Waals surface area contributed by atoms with E-state index in [9.17, 15) is 4.79 Å². The third kappa shape index (κ3) is 5.13. The first-order valence-electron chi connectivity index (χ1n) is 10.8. The van der Waals surface area contributed by atoms with Gasteiger partial charge in [0.05, 0.1) is 17.6 Å². The summed E-state index contributed by atoms with van der Waals surface area (Å²) in [6.07, 6.45) is 1.56. The number of anilines is 1. The van der Waals surface area contributed by atoms with E-state index in [1.54, 1.807) is 4.90 Å². The smallest absolute Gasteiger partial charge is 0.410 e. The normalized spacial score (nSPS) is 16.9. The van der Waals surface area contributed by atoms with Crippen molar-refractivity contribution in [2.24, 2.45) is 0 Å². The Morgan fingerprint density at radius 3 is 2.59 bits per heavy atom. The van der Waals surface area contributed by atoms with Gasteiger partial charge < -0.3 is 19.5 Å². The molecule has 1 aliphatic rings. The number of halogens is 2. The van der Waals surface area contributed by atoms with Crippen LogP contribution in [-0.2, 0) is 11.3 Å². The van der Waals surface area contributed by atoms with Crippen LogP contribution in [0.25, 0.3) is 11.0 Å². The number of carbonyl (C=O) groups is 1. The third-order valence-electron chi connectivity index (χ3n) is 5.44. The van der Waals surface area contributed by atoms with Crippen molar-refractivity contribution in [1.82, 2.24) is 14.5 Å². The molecule has 6 nitrogen and oxygen atoms in total. The third-order valence-corrected chi connectivity index (χ3v) is 6.15. The minimum atomic E-state index is -0.514. The van der Waals surface area contributed by atoms with Gasteiger partial charge in [-0.15, -0.1) is 0 Å². The number of nitrogens with one attached hydrogen (secondary N) is 1. The second-order valence-corrected chi connectivity index (χ2v) is 9.93. The van der Waals surface area contributed by atoms with Crippen LogP contribution in [0.2, 0.25) is 10.0 Å². The van der Waals surface area contributed by atoms with Crippen LogP contribution in [0.4, 0.5) is 10.7 Å². The SMILES string of the molecule is CC(C)(C)OC(=O)N1CCC[C@H](Nc2nc3ccccc3n2Cc2c(Cl)cccc2Cl)C1. The van der Waals surface area contributed by atoms with E-state index in [2.05, 4.69) is 9.88 Å². The molecule has 1 aliphatic heterocycles. The van der Waals surface area contributed by atoms with E-state index < -0.39 is 5.60 Å². The van der Waals surface area contributed by atoms with E-state index in [-0.39, 0.29) is 12.1 Å². The number of rotatable bonds is 4. The summed E-state index contributed by atoms with van der Waals surface area (Å²) in [5.74, 6) is 0.734. The van der Waals surface area contributed by atoms with E-state index in [4.69, 9.17) is 32.9 Å². The molecule has 8 heteroatoms. The standard InChI is InChI=1S/C24H28Cl2N4O2/c1-24(2,3)32-23(31)29-13-7-8-16(14-29)27-22-28-20-11-4-5-12-21(20)30(22)15-17-18(25)9-6-10-19(17)26/h4-6,9-12,16H,7-8,13-15H2,1-3H3,(H,27,28)/t16-/m0/s1. The fraction of sp³-hybridized carbons (Fsp3) is 0.417. The Morgan fingerprint density at radius 2 is 1.88 bits per heavy atom. The Labute approximate surface area is 198 Å². The lowest BCUT2D eigenvalue weighted by atomic mass is 10.1.